The molecule has 39 heavy (non-hydrogen) atoms. The van der Waals surface area contributed by atoms with Crippen molar-refractivity contribution in [3.05, 3.63) is 102 Å². The minimum absolute atomic E-state index is 0.117. The van der Waals surface area contributed by atoms with Gasteiger partial charge in [0.15, 0.2) is 5.11 Å². The van der Waals surface area contributed by atoms with Crippen LogP contribution in [0.25, 0.3) is 5.69 Å². The van der Waals surface area contributed by atoms with E-state index >= 15 is 0 Å². The molecule has 10 heteroatoms. The molecule has 0 radical (unpaired) electrons. The van der Waals surface area contributed by atoms with E-state index < -0.39 is 5.97 Å². The third-order valence-electron chi connectivity index (χ3n) is 6.61. The molecule has 2 aromatic heterocycles. The van der Waals surface area contributed by atoms with Gasteiger partial charge in [0.25, 0.3) is 0 Å². The van der Waals surface area contributed by atoms with E-state index in [-0.39, 0.29) is 23.6 Å². The molecule has 0 saturated carbocycles. The summed E-state index contributed by atoms with van der Waals surface area (Å²) in [6.07, 6.45) is 3.98. The Morgan fingerprint density at radius 3 is 2.64 bits per heavy atom. The molecule has 1 amide bonds. The number of benzene rings is 2. The maximum atomic E-state index is 12.0. The predicted molar refractivity (Wildman–Crippen MR) is 153 cm³/mol. The fourth-order valence-corrected chi connectivity index (χ4v) is 5.11. The van der Waals surface area contributed by atoms with Crippen LogP contribution < -0.4 is 20.3 Å². The summed E-state index contributed by atoms with van der Waals surface area (Å²) >= 11 is 5.86. The third kappa shape index (κ3) is 5.06. The van der Waals surface area contributed by atoms with Crippen LogP contribution in [0.4, 0.5) is 11.4 Å². The number of hydrogen-bond acceptors (Lipinski definition) is 5. The minimum Gasteiger partial charge on any atom is -0.494 e. The average Bonchev–Trinajstić information content (AvgIpc) is 3.58. The Kier molecular flexibility index (Phi) is 7.29. The number of thiocarbonyl (C=S) groups is 1. The molecule has 9 nitrogen and oxygen atoms in total. The van der Waals surface area contributed by atoms with Crippen molar-refractivity contribution < 1.29 is 19.4 Å². The lowest BCUT2D eigenvalue weighted by Gasteiger charge is -2.29. The van der Waals surface area contributed by atoms with Gasteiger partial charge in [0.05, 0.1) is 30.1 Å². The highest BCUT2D eigenvalue weighted by Crippen LogP contribution is 2.44. The first-order valence-corrected chi connectivity index (χ1v) is 12.8. The summed E-state index contributed by atoms with van der Waals surface area (Å²) in [4.78, 5) is 30.3. The van der Waals surface area contributed by atoms with Crippen LogP contribution in [0.1, 0.15) is 47.2 Å². The van der Waals surface area contributed by atoms with Crippen molar-refractivity contribution in [1.29, 1.82) is 0 Å². The van der Waals surface area contributed by atoms with Crippen LogP contribution in [0.2, 0.25) is 0 Å². The average molecular weight is 542 g/mol. The molecule has 0 bridgehead atoms. The maximum absolute atomic E-state index is 12.0. The number of ether oxygens (including phenoxy) is 1. The van der Waals surface area contributed by atoms with E-state index in [2.05, 4.69) is 15.6 Å². The molecule has 3 N–H and O–H groups in total. The zero-order chi connectivity index (χ0) is 27.5. The highest BCUT2D eigenvalue weighted by molar-refractivity contribution is 7.80. The number of carbonyl (C=O) groups is 2. The Balaban J connectivity index is 1.64. The quantitative estimate of drug-likeness (QED) is 0.264. The first-order chi connectivity index (χ1) is 18.9. The first kappa shape index (κ1) is 25.9. The van der Waals surface area contributed by atoms with Crippen LogP contribution in [0.5, 0.6) is 5.75 Å². The first-order valence-electron chi connectivity index (χ1n) is 12.4. The number of hydrogen-bond donors (Lipinski definition) is 3. The van der Waals surface area contributed by atoms with Gasteiger partial charge in [-0.1, -0.05) is 19.1 Å². The van der Waals surface area contributed by atoms with Crippen molar-refractivity contribution in [3.8, 4) is 11.4 Å². The fourth-order valence-electron chi connectivity index (χ4n) is 4.76. The Morgan fingerprint density at radius 1 is 1.08 bits per heavy atom. The number of carboxylic acids is 1. The molecule has 3 heterocycles. The smallest absolute Gasteiger partial charge is 0.335 e. The van der Waals surface area contributed by atoms with Gasteiger partial charge in [0, 0.05) is 41.9 Å². The topological polar surface area (TPSA) is 109 Å². The van der Waals surface area contributed by atoms with Crippen LogP contribution in [0.15, 0.2) is 85.2 Å². The highest BCUT2D eigenvalue weighted by atomic mass is 32.1. The summed E-state index contributed by atoms with van der Waals surface area (Å²) in [5.74, 6) is -0.611. The van der Waals surface area contributed by atoms with Gasteiger partial charge in [0.1, 0.15) is 11.8 Å². The van der Waals surface area contributed by atoms with Crippen LogP contribution in [0, 0.1) is 0 Å². The lowest BCUT2D eigenvalue weighted by atomic mass is 10.0. The monoisotopic (exact) mass is 541 g/mol. The van der Waals surface area contributed by atoms with E-state index in [4.69, 9.17) is 17.0 Å². The van der Waals surface area contributed by atoms with Crippen molar-refractivity contribution in [2.24, 2.45) is 0 Å². The molecule has 0 spiro atoms. The number of nitrogens with one attached hydrogen (secondary N) is 2. The van der Waals surface area contributed by atoms with Crippen molar-refractivity contribution in [3.63, 3.8) is 0 Å². The number of carbonyl (C=O) groups excluding carboxylic acids is 1. The molecule has 0 unspecified atom stereocenters. The van der Waals surface area contributed by atoms with Crippen molar-refractivity contribution >= 4 is 40.6 Å². The Bertz CT molecular complexity index is 1540. The van der Waals surface area contributed by atoms with Gasteiger partial charge in [-0.05, 0) is 66.8 Å². The van der Waals surface area contributed by atoms with Crippen LogP contribution in [-0.4, -0.2) is 38.8 Å². The molecule has 198 valence electrons. The van der Waals surface area contributed by atoms with Gasteiger partial charge in [-0.25, -0.2) is 4.79 Å². The second-order valence-electron chi connectivity index (χ2n) is 8.94. The fraction of sp³-hybridized carbons (Fsp3) is 0.172. The van der Waals surface area contributed by atoms with Crippen LogP contribution >= 0.6 is 12.2 Å². The van der Waals surface area contributed by atoms with Crippen LogP contribution in [-0.2, 0) is 4.79 Å². The summed E-state index contributed by atoms with van der Waals surface area (Å²) in [6, 6.07) is 21.3. The highest BCUT2D eigenvalue weighted by Gasteiger charge is 2.42. The largest absolute Gasteiger partial charge is 0.494 e. The van der Waals surface area contributed by atoms with E-state index in [0.29, 0.717) is 28.7 Å². The summed E-state index contributed by atoms with van der Waals surface area (Å²) in [6.45, 7) is 1.79. The SMILES string of the molecule is CCC(=O)Nc1ccc(N2C(=S)N[C@H](c3ccccn3)[C@@H]2c2cccn2-c2cccc(C(=O)O)c2)cc1OC. The molecule has 2 atom stereocenters. The van der Waals surface area contributed by atoms with E-state index in [1.54, 1.807) is 44.5 Å². The second kappa shape index (κ2) is 11.0. The summed E-state index contributed by atoms with van der Waals surface area (Å²) in [5, 5.41) is 16.4. The summed E-state index contributed by atoms with van der Waals surface area (Å²) in [5.41, 5.74) is 3.91. The van der Waals surface area contributed by atoms with Crippen molar-refractivity contribution in [1.82, 2.24) is 14.9 Å². The van der Waals surface area contributed by atoms with E-state index in [0.717, 1.165) is 17.1 Å². The van der Waals surface area contributed by atoms with E-state index in [1.807, 2.05) is 64.2 Å². The maximum Gasteiger partial charge on any atom is 0.335 e. The number of amides is 1. The summed E-state index contributed by atoms with van der Waals surface area (Å²) in [7, 11) is 1.55. The molecule has 2 aromatic carbocycles. The number of aromatic carboxylic acids is 1. The number of pyridine rings is 1. The number of aromatic nitrogens is 2. The molecule has 1 aliphatic rings. The second-order valence-corrected chi connectivity index (χ2v) is 9.33. The lowest BCUT2D eigenvalue weighted by molar-refractivity contribution is -0.115. The number of rotatable bonds is 8. The zero-order valence-electron chi connectivity index (χ0n) is 21.4. The zero-order valence-corrected chi connectivity index (χ0v) is 22.2. The Morgan fingerprint density at radius 2 is 1.92 bits per heavy atom. The molecule has 4 aromatic rings. The van der Waals surface area contributed by atoms with Gasteiger partial charge in [-0.2, -0.15) is 0 Å². The predicted octanol–water partition coefficient (Wildman–Crippen LogP) is 5.10. The molecule has 1 aliphatic heterocycles. The van der Waals surface area contributed by atoms with Crippen molar-refractivity contribution in [2.45, 2.75) is 25.4 Å². The number of anilines is 2. The van der Waals surface area contributed by atoms with E-state index in [9.17, 15) is 14.7 Å². The van der Waals surface area contributed by atoms with Gasteiger partial charge < -0.3 is 29.9 Å². The number of nitrogens with zero attached hydrogens (tertiary/aromatic N) is 3. The molecule has 0 aliphatic carbocycles. The normalized spacial score (nSPS) is 16.6. The van der Waals surface area contributed by atoms with Gasteiger partial charge in [-0.15, -0.1) is 0 Å². The Hall–Kier alpha value is -4.70. The van der Waals surface area contributed by atoms with E-state index in [1.165, 1.54) is 0 Å². The Labute approximate surface area is 231 Å². The lowest BCUT2D eigenvalue weighted by Crippen LogP contribution is -2.30. The number of carboxylic acid groups (broad SMARTS) is 1. The molecular weight excluding hydrogens is 514 g/mol. The minimum atomic E-state index is -0.996. The van der Waals surface area contributed by atoms with Crippen LogP contribution in [0.3, 0.4) is 0 Å². The van der Waals surface area contributed by atoms with Gasteiger partial charge in [-0.3, -0.25) is 9.78 Å². The van der Waals surface area contributed by atoms with Gasteiger partial charge >= 0.3 is 5.97 Å². The molecular formula is C29H27N5O4S. The number of methoxy groups -OCH3 is 1. The van der Waals surface area contributed by atoms with Crippen molar-refractivity contribution in [2.75, 3.05) is 17.3 Å². The molecule has 1 saturated heterocycles. The molecule has 1 fully saturated rings. The molecule has 5 rings (SSSR count). The van der Waals surface area contributed by atoms with Gasteiger partial charge in [0.2, 0.25) is 5.91 Å². The standard InChI is InChI=1S/C29H27N5O4S/c1-3-25(35)31-21-13-12-20(17-24(21)38-2)34-27(26(32-29(34)39)22-10-4-5-14-30-22)23-11-7-15-33(23)19-9-6-8-18(16-19)28(36)37/h4-17,26-27H,3H2,1-2H3,(H,31,35)(H,32,39)(H,36,37)/t26-,27+/m1/s1. The summed E-state index contributed by atoms with van der Waals surface area (Å²) < 4.78 is 7.58. The third-order valence-corrected chi connectivity index (χ3v) is 6.93.